The van der Waals surface area contributed by atoms with Gasteiger partial charge in [0.1, 0.15) is 6.10 Å². The van der Waals surface area contributed by atoms with Gasteiger partial charge in [0.15, 0.2) is 5.69 Å². The van der Waals surface area contributed by atoms with E-state index in [1.54, 1.807) is 18.2 Å². The Balaban J connectivity index is 1.91. The number of halogens is 3. The molecule has 1 amide bonds. The lowest BCUT2D eigenvalue weighted by Gasteiger charge is -2.15. The third-order valence-electron chi connectivity index (χ3n) is 3.82. The van der Waals surface area contributed by atoms with Crippen LogP contribution in [0.5, 0.6) is 0 Å². The van der Waals surface area contributed by atoms with Gasteiger partial charge in [-0.25, -0.2) is 4.68 Å². The van der Waals surface area contributed by atoms with Crippen LogP contribution < -0.4 is 5.32 Å². The van der Waals surface area contributed by atoms with Gasteiger partial charge in [-0.2, -0.15) is 18.3 Å². The van der Waals surface area contributed by atoms with Crippen molar-refractivity contribution in [2.75, 3.05) is 5.32 Å². The van der Waals surface area contributed by atoms with Gasteiger partial charge in [0.2, 0.25) is 0 Å². The fourth-order valence-electron chi connectivity index (χ4n) is 2.69. The van der Waals surface area contributed by atoms with E-state index in [0.29, 0.717) is 12.8 Å². The molecule has 1 saturated heterocycles. The SMILES string of the molecule is C[C@@H]1CC[C@H](C(=O)Nc2cnn(-c3ccccc3)c2C(F)(F)F)O1. The topological polar surface area (TPSA) is 56.2 Å². The Morgan fingerprint density at radius 3 is 2.58 bits per heavy atom. The Bertz CT molecular complexity index is 728. The number of benzene rings is 1. The maximum Gasteiger partial charge on any atom is 0.435 e. The fourth-order valence-corrected chi connectivity index (χ4v) is 2.69. The smallest absolute Gasteiger partial charge is 0.365 e. The number of carbonyl (C=O) groups excluding carboxylic acids is 1. The number of nitrogens with one attached hydrogen (secondary N) is 1. The van der Waals surface area contributed by atoms with Crippen LogP contribution in [0, 0.1) is 0 Å². The summed E-state index contributed by atoms with van der Waals surface area (Å²) in [6.45, 7) is 1.82. The lowest BCUT2D eigenvalue weighted by molar-refractivity contribution is -0.142. The van der Waals surface area contributed by atoms with Crippen LogP contribution in [-0.4, -0.2) is 27.9 Å². The van der Waals surface area contributed by atoms with Crippen molar-refractivity contribution in [1.29, 1.82) is 0 Å². The Morgan fingerprint density at radius 1 is 1.29 bits per heavy atom. The van der Waals surface area contributed by atoms with Crippen molar-refractivity contribution in [3.63, 3.8) is 0 Å². The highest BCUT2D eigenvalue weighted by Crippen LogP contribution is 2.36. The average Bonchev–Trinajstić information content (AvgIpc) is 3.14. The summed E-state index contributed by atoms with van der Waals surface area (Å²) in [7, 11) is 0. The van der Waals surface area contributed by atoms with Crippen LogP contribution in [0.25, 0.3) is 5.69 Å². The molecule has 1 aliphatic rings. The number of ether oxygens (including phenoxy) is 1. The molecule has 1 aliphatic heterocycles. The summed E-state index contributed by atoms with van der Waals surface area (Å²) in [6.07, 6.45) is -3.28. The molecule has 0 spiro atoms. The van der Waals surface area contributed by atoms with E-state index in [2.05, 4.69) is 10.4 Å². The maximum absolute atomic E-state index is 13.5. The maximum atomic E-state index is 13.5. The molecule has 8 heteroatoms. The molecule has 3 rings (SSSR count). The monoisotopic (exact) mass is 339 g/mol. The molecule has 1 N–H and O–H groups in total. The zero-order valence-electron chi connectivity index (χ0n) is 12.9. The van der Waals surface area contributed by atoms with Gasteiger partial charge in [-0.15, -0.1) is 0 Å². The molecule has 0 saturated carbocycles. The number of amides is 1. The number of nitrogens with zero attached hydrogens (tertiary/aromatic N) is 2. The minimum Gasteiger partial charge on any atom is -0.365 e. The van der Waals surface area contributed by atoms with Crippen LogP contribution in [0.15, 0.2) is 36.5 Å². The zero-order valence-corrected chi connectivity index (χ0v) is 12.9. The number of aromatic nitrogens is 2. The van der Waals surface area contributed by atoms with Crippen LogP contribution in [-0.2, 0) is 15.7 Å². The van der Waals surface area contributed by atoms with Crippen molar-refractivity contribution in [2.24, 2.45) is 0 Å². The number of alkyl halides is 3. The summed E-state index contributed by atoms with van der Waals surface area (Å²) >= 11 is 0. The normalized spacial score (nSPS) is 21.0. The molecule has 1 fully saturated rings. The first-order valence-corrected chi connectivity index (χ1v) is 7.53. The summed E-state index contributed by atoms with van der Waals surface area (Å²) in [5.41, 5.74) is -1.14. The van der Waals surface area contributed by atoms with Crippen molar-refractivity contribution >= 4 is 11.6 Å². The van der Waals surface area contributed by atoms with Gasteiger partial charge in [-0.3, -0.25) is 4.79 Å². The lowest BCUT2D eigenvalue weighted by atomic mass is 10.2. The predicted octanol–water partition coefficient (Wildman–Crippen LogP) is 3.40. The average molecular weight is 339 g/mol. The van der Waals surface area contributed by atoms with E-state index in [0.717, 1.165) is 10.9 Å². The number of hydrogen-bond acceptors (Lipinski definition) is 3. The highest BCUT2D eigenvalue weighted by Gasteiger charge is 2.40. The Kier molecular flexibility index (Phi) is 4.31. The van der Waals surface area contributed by atoms with Crippen molar-refractivity contribution in [2.45, 2.75) is 38.1 Å². The van der Waals surface area contributed by atoms with Gasteiger partial charge >= 0.3 is 6.18 Å². The minimum atomic E-state index is -4.67. The van der Waals surface area contributed by atoms with E-state index in [1.165, 1.54) is 12.1 Å². The first-order chi connectivity index (χ1) is 11.4. The van der Waals surface area contributed by atoms with Gasteiger partial charge in [0, 0.05) is 0 Å². The van der Waals surface area contributed by atoms with E-state index < -0.39 is 23.9 Å². The third-order valence-corrected chi connectivity index (χ3v) is 3.82. The molecule has 2 aromatic rings. The Labute approximate surface area is 136 Å². The van der Waals surface area contributed by atoms with Crippen molar-refractivity contribution < 1.29 is 22.7 Å². The number of hydrogen-bond donors (Lipinski definition) is 1. The second-order valence-electron chi connectivity index (χ2n) is 5.65. The van der Waals surface area contributed by atoms with Crippen LogP contribution in [0.4, 0.5) is 18.9 Å². The lowest BCUT2D eigenvalue weighted by Crippen LogP contribution is -2.28. The van der Waals surface area contributed by atoms with Crippen LogP contribution >= 0.6 is 0 Å². The summed E-state index contributed by atoms with van der Waals surface area (Å²) in [5.74, 6) is -0.586. The van der Waals surface area contributed by atoms with Crippen LogP contribution in [0.1, 0.15) is 25.5 Å². The highest BCUT2D eigenvalue weighted by atomic mass is 19.4. The molecule has 0 aliphatic carbocycles. The second kappa shape index (κ2) is 6.27. The van der Waals surface area contributed by atoms with Crippen LogP contribution in [0.2, 0.25) is 0 Å². The van der Waals surface area contributed by atoms with Gasteiger partial charge in [-0.1, -0.05) is 18.2 Å². The standard InChI is InChI=1S/C16H16F3N3O2/c1-10-7-8-13(24-10)15(23)21-12-9-20-22(14(12)16(17,18)19)11-5-3-2-4-6-11/h2-6,9-10,13H,7-8H2,1H3,(H,21,23)/t10-,13-/m1/s1. The van der Waals surface area contributed by atoms with Gasteiger partial charge < -0.3 is 10.1 Å². The first-order valence-electron chi connectivity index (χ1n) is 7.53. The van der Waals surface area contributed by atoms with E-state index >= 15 is 0 Å². The summed E-state index contributed by atoms with van der Waals surface area (Å²) in [6, 6.07) is 7.94. The second-order valence-corrected chi connectivity index (χ2v) is 5.65. The van der Waals surface area contributed by atoms with Gasteiger partial charge in [0.05, 0.1) is 23.7 Å². The van der Waals surface area contributed by atoms with E-state index in [1.807, 2.05) is 6.92 Å². The summed E-state index contributed by atoms with van der Waals surface area (Å²) in [5, 5.41) is 6.09. The molecule has 1 aromatic heterocycles. The molecular weight excluding hydrogens is 323 g/mol. The Morgan fingerprint density at radius 2 is 2.00 bits per heavy atom. The molecule has 2 atom stereocenters. The molecule has 0 unspecified atom stereocenters. The predicted molar refractivity (Wildman–Crippen MR) is 80.8 cm³/mol. The fraction of sp³-hybridized carbons (Fsp3) is 0.375. The molecule has 0 radical (unpaired) electrons. The Hall–Kier alpha value is -2.35. The van der Waals surface area contributed by atoms with Gasteiger partial charge in [0.25, 0.3) is 5.91 Å². The quantitative estimate of drug-likeness (QED) is 0.932. The summed E-state index contributed by atoms with van der Waals surface area (Å²) < 4.78 is 46.6. The molecule has 2 heterocycles. The molecule has 24 heavy (non-hydrogen) atoms. The first kappa shape index (κ1) is 16.5. The molecule has 0 bridgehead atoms. The van der Waals surface area contributed by atoms with Crippen molar-refractivity contribution in [3.05, 3.63) is 42.2 Å². The van der Waals surface area contributed by atoms with Crippen molar-refractivity contribution in [1.82, 2.24) is 9.78 Å². The molecule has 1 aromatic carbocycles. The number of para-hydroxylation sites is 1. The summed E-state index contributed by atoms with van der Waals surface area (Å²) in [4.78, 5) is 12.1. The van der Waals surface area contributed by atoms with Crippen LogP contribution in [0.3, 0.4) is 0 Å². The highest BCUT2D eigenvalue weighted by molar-refractivity contribution is 5.94. The number of rotatable bonds is 3. The molecule has 128 valence electrons. The molecule has 5 nitrogen and oxygen atoms in total. The van der Waals surface area contributed by atoms with Crippen molar-refractivity contribution in [3.8, 4) is 5.69 Å². The zero-order chi connectivity index (χ0) is 17.3. The largest absolute Gasteiger partial charge is 0.435 e. The number of anilines is 1. The van der Waals surface area contributed by atoms with Gasteiger partial charge in [-0.05, 0) is 31.9 Å². The van der Waals surface area contributed by atoms with E-state index in [9.17, 15) is 18.0 Å². The van der Waals surface area contributed by atoms with E-state index in [4.69, 9.17) is 4.74 Å². The third kappa shape index (κ3) is 3.28. The van der Waals surface area contributed by atoms with E-state index in [-0.39, 0.29) is 17.5 Å². The minimum absolute atomic E-state index is 0.0742. The number of carbonyl (C=O) groups is 1. The molecular formula is C16H16F3N3O2.